The van der Waals surface area contributed by atoms with Crippen molar-refractivity contribution < 1.29 is 14.5 Å². The Bertz CT molecular complexity index is 1050. The van der Waals surface area contributed by atoms with Crippen LogP contribution in [-0.2, 0) is 4.79 Å². The number of aryl methyl sites for hydroxylation is 1. The molecule has 0 saturated heterocycles. The molecule has 3 rings (SSSR count). The highest BCUT2D eigenvalue weighted by Crippen LogP contribution is 2.24. The second kappa shape index (κ2) is 9.47. The highest BCUT2D eigenvalue weighted by molar-refractivity contribution is 5.96. The lowest BCUT2D eigenvalue weighted by Gasteiger charge is -2.19. The van der Waals surface area contributed by atoms with Crippen molar-refractivity contribution in [2.45, 2.75) is 19.4 Å². The first-order valence-electron chi connectivity index (χ1n) is 9.40. The number of non-ortho nitro benzene ring substituents is 1. The van der Waals surface area contributed by atoms with Crippen molar-refractivity contribution in [3.63, 3.8) is 0 Å². The van der Waals surface area contributed by atoms with Crippen LogP contribution in [0.25, 0.3) is 0 Å². The van der Waals surface area contributed by atoms with Crippen molar-refractivity contribution in [2.75, 3.05) is 5.32 Å². The van der Waals surface area contributed by atoms with Crippen LogP contribution in [0.15, 0.2) is 78.9 Å². The molecule has 0 aliphatic rings. The Labute approximate surface area is 173 Å². The van der Waals surface area contributed by atoms with E-state index in [1.165, 1.54) is 12.1 Å². The van der Waals surface area contributed by atoms with Crippen LogP contribution < -0.4 is 10.6 Å². The summed E-state index contributed by atoms with van der Waals surface area (Å²) in [5, 5.41) is 16.6. The largest absolute Gasteiger partial charge is 0.345 e. The molecule has 3 aromatic rings. The van der Waals surface area contributed by atoms with Crippen LogP contribution >= 0.6 is 0 Å². The number of nitrogens with one attached hydrogen (secondary N) is 2. The second-order valence-electron chi connectivity index (χ2n) is 6.81. The van der Waals surface area contributed by atoms with Gasteiger partial charge in [-0.25, -0.2) is 0 Å². The summed E-state index contributed by atoms with van der Waals surface area (Å²) in [6.07, 6.45) is -0.0231. The first kappa shape index (κ1) is 20.7. The number of hydrogen-bond donors (Lipinski definition) is 2. The lowest BCUT2D eigenvalue weighted by atomic mass is 10.0. The van der Waals surface area contributed by atoms with Crippen LogP contribution in [0.3, 0.4) is 0 Å². The van der Waals surface area contributed by atoms with Crippen LogP contribution in [0.5, 0.6) is 0 Å². The van der Waals surface area contributed by atoms with Gasteiger partial charge in [0.2, 0.25) is 5.91 Å². The fourth-order valence-corrected chi connectivity index (χ4v) is 3.01. The van der Waals surface area contributed by atoms with E-state index in [1.54, 1.807) is 37.3 Å². The smallest absolute Gasteiger partial charge is 0.271 e. The van der Waals surface area contributed by atoms with E-state index in [1.807, 2.05) is 36.4 Å². The number of rotatable bonds is 7. The molecule has 7 nitrogen and oxygen atoms in total. The van der Waals surface area contributed by atoms with Gasteiger partial charge in [-0.3, -0.25) is 19.7 Å². The summed E-state index contributed by atoms with van der Waals surface area (Å²) in [5.41, 5.74) is 2.25. The molecule has 0 radical (unpaired) electrons. The topological polar surface area (TPSA) is 101 Å². The number of nitro benzene ring substituents is 1. The zero-order chi connectivity index (χ0) is 21.5. The molecule has 2 N–H and O–H groups in total. The minimum absolute atomic E-state index is 0.0231. The van der Waals surface area contributed by atoms with Crippen LogP contribution in [0.1, 0.15) is 33.9 Å². The molecule has 0 saturated carbocycles. The molecule has 152 valence electrons. The number of benzene rings is 3. The lowest BCUT2D eigenvalue weighted by molar-refractivity contribution is -0.384. The fraction of sp³-hybridized carbons (Fsp3) is 0.130. The molecule has 0 unspecified atom stereocenters. The fourth-order valence-electron chi connectivity index (χ4n) is 3.01. The summed E-state index contributed by atoms with van der Waals surface area (Å²) < 4.78 is 0. The molecule has 0 fully saturated rings. The minimum Gasteiger partial charge on any atom is -0.345 e. The SMILES string of the molecule is Cc1ccc([N+](=O)[O-])cc1NC(=O)C[C@H](NC(=O)c1ccccc1)c1ccccc1. The third-order valence-corrected chi connectivity index (χ3v) is 4.64. The van der Waals surface area contributed by atoms with Gasteiger partial charge in [0.1, 0.15) is 0 Å². The summed E-state index contributed by atoms with van der Waals surface area (Å²) in [5.74, 6) is -0.649. The Balaban J connectivity index is 1.78. The predicted molar refractivity (Wildman–Crippen MR) is 114 cm³/mol. The number of nitrogens with zero attached hydrogens (tertiary/aromatic N) is 1. The molecule has 0 aliphatic carbocycles. The number of amides is 2. The molecule has 3 aromatic carbocycles. The quantitative estimate of drug-likeness (QED) is 0.451. The van der Waals surface area contributed by atoms with Crippen molar-refractivity contribution in [1.82, 2.24) is 5.32 Å². The zero-order valence-corrected chi connectivity index (χ0v) is 16.4. The van der Waals surface area contributed by atoms with Crippen LogP contribution in [-0.4, -0.2) is 16.7 Å². The first-order valence-corrected chi connectivity index (χ1v) is 9.40. The first-order chi connectivity index (χ1) is 14.4. The van der Waals surface area contributed by atoms with Crippen LogP contribution in [0.2, 0.25) is 0 Å². The predicted octanol–water partition coefficient (Wildman–Crippen LogP) is 4.40. The van der Waals surface area contributed by atoms with Gasteiger partial charge in [-0.1, -0.05) is 54.6 Å². The maximum Gasteiger partial charge on any atom is 0.271 e. The summed E-state index contributed by atoms with van der Waals surface area (Å²) in [7, 11) is 0. The van der Waals surface area contributed by atoms with Gasteiger partial charge in [0.15, 0.2) is 0 Å². The Kier molecular flexibility index (Phi) is 6.54. The van der Waals surface area contributed by atoms with E-state index >= 15 is 0 Å². The summed E-state index contributed by atoms with van der Waals surface area (Å²) >= 11 is 0. The number of hydrogen-bond acceptors (Lipinski definition) is 4. The van der Waals surface area contributed by atoms with E-state index in [2.05, 4.69) is 10.6 Å². The van der Waals surface area contributed by atoms with Crippen molar-refractivity contribution in [2.24, 2.45) is 0 Å². The maximum atomic E-state index is 12.7. The maximum absolute atomic E-state index is 12.7. The van der Waals surface area contributed by atoms with Crippen molar-refractivity contribution in [3.8, 4) is 0 Å². The summed E-state index contributed by atoms with van der Waals surface area (Å²) in [6, 6.07) is 21.7. The van der Waals surface area contributed by atoms with Gasteiger partial charge in [0.25, 0.3) is 11.6 Å². The number of nitro groups is 1. The third-order valence-electron chi connectivity index (χ3n) is 4.64. The molecule has 2 amide bonds. The van der Waals surface area contributed by atoms with E-state index in [9.17, 15) is 19.7 Å². The lowest BCUT2D eigenvalue weighted by Crippen LogP contribution is -2.31. The van der Waals surface area contributed by atoms with Gasteiger partial charge >= 0.3 is 0 Å². The monoisotopic (exact) mass is 403 g/mol. The van der Waals surface area contributed by atoms with Gasteiger partial charge in [-0.2, -0.15) is 0 Å². The zero-order valence-electron chi connectivity index (χ0n) is 16.4. The van der Waals surface area contributed by atoms with Gasteiger partial charge in [-0.05, 0) is 30.2 Å². The molecule has 0 heterocycles. The highest BCUT2D eigenvalue weighted by Gasteiger charge is 2.20. The third kappa shape index (κ3) is 5.29. The van der Waals surface area contributed by atoms with Gasteiger partial charge in [0.05, 0.1) is 23.1 Å². The Morgan fingerprint density at radius 3 is 2.23 bits per heavy atom. The number of anilines is 1. The molecule has 30 heavy (non-hydrogen) atoms. The molecule has 0 bridgehead atoms. The van der Waals surface area contributed by atoms with Crippen molar-refractivity contribution >= 4 is 23.2 Å². The highest BCUT2D eigenvalue weighted by atomic mass is 16.6. The average Bonchev–Trinajstić information content (AvgIpc) is 2.76. The Morgan fingerprint density at radius 1 is 0.967 bits per heavy atom. The average molecular weight is 403 g/mol. The molecule has 7 heteroatoms. The summed E-state index contributed by atoms with van der Waals surface area (Å²) in [4.78, 5) is 35.8. The molecule has 1 atom stereocenters. The normalized spacial score (nSPS) is 11.4. The van der Waals surface area contributed by atoms with Crippen LogP contribution in [0.4, 0.5) is 11.4 Å². The standard InChI is InChI=1S/C23H21N3O4/c1-16-12-13-19(26(29)30)14-20(16)24-22(27)15-21(17-8-4-2-5-9-17)25-23(28)18-10-6-3-7-11-18/h2-14,21H,15H2,1H3,(H,24,27)(H,25,28)/t21-/m0/s1. The van der Waals surface area contributed by atoms with Crippen LogP contribution in [0, 0.1) is 17.0 Å². The van der Waals surface area contributed by atoms with Gasteiger partial charge in [0, 0.05) is 17.7 Å². The van der Waals surface area contributed by atoms with Crippen molar-refractivity contribution in [3.05, 3.63) is 106 Å². The van der Waals surface area contributed by atoms with E-state index in [-0.39, 0.29) is 23.9 Å². The Hall–Kier alpha value is -4.00. The molecular weight excluding hydrogens is 382 g/mol. The van der Waals surface area contributed by atoms with E-state index in [4.69, 9.17) is 0 Å². The van der Waals surface area contributed by atoms with Crippen molar-refractivity contribution in [1.29, 1.82) is 0 Å². The molecular formula is C23H21N3O4. The van der Waals surface area contributed by atoms with E-state index in [0.29, 0.717) is 16.8 Å². The molecule has 0 aromatic heterocycles. The van der Waals surface area contributed by atoms with E-state index in [0.717, 1.165) is 5.56 Å². The van der Waals surface area contributed by atoms with Gasteiger partial charge in [-0.15, -0.1) is 0 Å². The Morgan fingerprint density at radius 2 is 1.60 bits per heavy atom. The minimum atomic E-state index is -0.557. The number of carbonyl (C=O) groups is 2. The molecule has 0 spiro atoms. The summed E-state index contributed by atoms with van der Waals surface area (Å²) in [6.45, 7) is 1.76. The second-order valence-corrected chi connectivity index (χ2v) is 6.81. The number of carbonyl (C=O) groups excluding carboxylic acids is 2. The van der Waals surface area contributed by atoms with E-state index < -0.39 is 11.0 Å². The van der Waals surface area contributed by atoms with Gasteiger partial charge < -0.3 is 10.6 Å². The molecule has 0 aliphatic heterocycles.